The van der Waals surface area contributed by atoms with Crippen molar-refractivity contribution >= 4 is 39.1 Å². The fourth-order valence-corrected chi connectivity index (χ4v) is 7.87. The third-order valence-electron chi connectivity index (χ3n) is 7.75. The van der Waals surface area contributed by atoms with Crippen molar-refractivity contribution in [2.24, 2.45) is 0 Å². The second-order valence-electron chi connectivity index (χ2n) is 10.7. The monoisotopic (exact) mass is 633 g/mol. The summed E-state index contributed by atoms with van der Waals surface area (Å²) in [7, 11) is 1.43. The highest BCUT2D eigenvalue weighted by atomic mass is 32.2. The Kier molecular flexibility index (Phi) is 10.5. The van der Waals surface area contributed by atoms with Gasteiger partial charge >= 0.3 is 0 Å². The first-order chi connectivity index (χ1) is 20.5. The predicted octanol–water partition coefficient (Wildman–Crippen LogP) is 2.70. The normalized spacial score (nSPS) is 19.2. The Morgan fingerprint density at radius 2 is 1.79 bits per heavy atom. The highest BCUT2D eigenvalue weighted by Gasteiger charge is 2.32. The molecule has 3 atom stereocenters. The first-order valence-corrected chi connectivity index (χ1v) is 17.3. The van der Waals surface area contributed by atoms with Crippen molar-refractivity contribution in [1.82, 2.24) is 10.6 Å². The highest BCUT2D eigenvalue weighted by Crippen LogP contribution is 2.50. The predicted molar refractivity (Wildman–Crippen MR) is 168 cm³/mol. The molecule has 3 N–H and O–H groups in total. The van der Waals surface area contributed by atoms with E-state index in [0.717, 1.165) is 11.1 Å². The SMILES string of the molecule is COc1cc2c(c(OC)c1OC)-c1ccc(NC(CCSC)C(=O)NC3CCS(=O)(=O)C3)c(=O)cc1C(NC(C)=O)CC2. The van der Waals surface area contributed by atoms with Gasteiger partial charge in [0.25, 0.3) is 0 Å². The fraction of sp³-hybridized carbons (Fsp3) is 0.500. The summed E-state index contributed by atoms with van der Waals surface area (Å²) >= 11 is 1.56. The van der Waals surface area contributed by atoms with Crippen molar-refractivity contribution < 1.29 is 32.2 Å². The molecule has 3 unspecified atom stereocenters. The van der Waals surface area contributed by atoms with Crippen LogP contribution in [0.2, 0.25) is 0 Å². The second kappa shape index (κ2) is 13.9. The number of thioether (sulfide) groups is 1. The molecule has 13 heteroatoms. The lowest BCUT2D eigenvalue weighted by Gasteiger charge is -2.21. The van der Waals surface area contributed by atoms with Crippen molar-refractivity contribution in [2.45, 2.75) is 50.7 Å². The number of sulfone groups is 1. The van der Waals surface area contributed by atoms with Gasteiger partial charge in [-0.2, -0.15) is 11.8 Å². The van der Waals surface area contributed by atoms with E-state index in [-0.39, 0.29) is 34.4 Å². The molecular weight excluding hydrogens is 594 g/mol. The van der Waals surface area contributed by atoms with Crippen LogP contribution in [0.5, 0.6) is 17.2 Å². The molecule has 43 heavy (non-hydrogen) atoms. The van der Waals surface area contributed by atoms with E-state index in [1.54, 1.807) is 31.0 Å². The maximum atomic E-state index is 13.7. The highest BCUT2D eigenvalue weighted by molar-refractivity contribution is 7.98. The summed E-state index contributed by atoms with van der Waals surface area (Å²) in [6.07, 6.45) is 3.80. The lowest BCUT2D eigenvalue weighted by molar-refractivity contribution is -0.122. The number of hydrogen-bond acceptors (Lipinski definition) is 10. The Bertz CT molecular complexity index is 1550. The average molecular weight is 634 g/mol. The number of amides is 2. The Hall–Kier alpha value is -3.45. The van der Waals surface area contributed by atoms with E-state index in [0.29, 0.717) is 59.8 Å². The van der Waals surface area contributed by atoms with E-state index in [2.05, 4.69) is 16.0 Å². The number of methoxy groups -OCH3 is 3. The Morgan fingerprint density at radius 1 is 1.05 bits per heavy atom. The maximum Gasteiger partial charge on any atom is 0.242 e. The number of carbonyl (C=O) groups is 2. The number of hydrogen-bond donors (Lipinski definition) is 3. The number of rotatable bonds is 11. The minimum absolute atomic E-state index is 0.0443. The van der Waals surface area contributed by atoms with Gasteiger partial charge in [0.1, 0.15) is 6.04 Å². The standard InChI is InChI=1S/C30H39N3O8S2/c1-17(34)31-22-8-6-18-14-26(39-2)28(40-3)29(41-4)27(18)20-7-9-23(25(35)15-21(20)22)33-24(10-12-42-5)30(36)32-19-11-13-43(37,38)16-19/h7,9,14-15,19,22,24H,6,8,10-13,16H2,1-5H3,(H,31,34)(H,32,36)(H,33,35). The molecule has 0 saturated carbocycles. The van der Waals surface area contributed by atoms with Crippen LogP contribution >= 0.6 is 11.8 Å². The largest absolute Gasteiger partial charge is 0.493 e. The Balaban J connectivity index is 1.81. The van der Waals surface area contributed by atoms with Gasteiger partial charge in [-0.1, -0.05) is 6.07 Å². The average Bonchev–Trinajstić information content (AvgIpc) is 3.14. The van der Waals surface area contributed by atoms with Crippen LogP contribution in [0.15, 0.2) is 29.1 Å². The van der Waals surface area contributed by atoms with Crippen LogP contribution < -0.4 is 35.6 Å². The van der Waals surface area contributed by atoms with E-state index in [9.17, 15) is 22.8 Å². The Morgan fingerprint density at radius 3 is 2.40 bits per heavy atom. The van der Waals surface area contributed by atoms with Gasteiger partial charge in [-0.3, -0.25) is 14.4 Å². The summed E-state index contributed by atoms with van der Waals surface area (Å²) in [6.45, 7) is 1.43. The molecule has 2 aromatic rings. The van der Waals surface area contributed by atoms with E-state index in [1.165, 1.54) is 27.2 Å². The van der Waals surface area contributed by atoms with Crippen LogP contribution in [0.3, 0.4) is 0 Å². The van der Waals surface area contributed by atoms with E-state index >= 15 is 0 Å². The van der Waals surface area contributed by atoms with Crippen LogP contribution in [0, 0.1) is 0 Å². The molecule has 1 aliphatic heterocycles. The van der Waals surface area contributed by atoms with E-state index in [1.807, 2.05) is 12.3 Å². The van der Waals surface area contributed by atoms with Crippen molar-refractivity contribution in [2.75, 3.05) is 50.2 Å². The van der Waals surface area contributed by atoms with Gasteiger partial charge in [-0.25, -0.2) is 8.42 Å². The molecule has 1 aliphatic carbocycles. The van der Waals surface area contributed by atoms with Crippen LogP contribution in [-0.2, 0) is 25.8 Å². The third-order valence-corrected chi connectivity index (χ3v) is 10.2. The summed E-state index contributed by atoms with van der Waals surface area (Å²) in [5, 5.41) is 8.97. The summed E-state index contributed by atoms with van der Waals surface area (Å²) in [5.41, 5.74) is 2.76. The van der Waals surface area contributed by atoms with E-state index in [4.69, 9.17) is 14.2 Å². The summed E-state index contributed by atoms with van der Waals surface area (Å²) < 4.78 is 40.9. The zero-order valence-corrected chi connectivity index (χ0v) is 26.7. The molecule has 1 fully saturated rings. The molecule has 0 bridgehead atoms. The number of anilines is 1. The lowest BCUT2D eigenvalue weighted by Crippen LogP contribution is -2.45. The van der Waals surface area contributed by atoms with Crippen molar-refractivity contribution in [3.8, 4) is 28.4 Å². The van der Waals surface area contributed by atoms with Gasteiger partial charge in [-0.15, -0.1) is 0 Å². The molecule has 2 amide bonds. The summed E-state index contributed by atoms with van der Waals surface area (Å²) in [4.78, 5) is 39.2. The van der Waals surface area contributed by atoms with Crippen molar-refractivity contribution in [3.05, 3.63) is 45.6 Å². The lowest BCUT2D eigenvalue weighted by atomic mass is 9.95. The molecule has 2 aromatic carbocycles. The molecule has 11 nitrogen and oxygen atoms in total. The van der Waals surface area contributed by atoms with Crippen LogP contribution in [0.1, 0.15) is 43.4 Å². The number of nitrogens with one attached hydrogen (secondary N) is 3. The molecule has 0 spiro atoms. The van der Waals surface area contributed by atoms with Crippen LogP contribution in [0.4, 0.5) is 5.69 Å². The topological polar surface area (TPSA) is 149 Å². The van der Waals surface area contributed by atoms with Gasteiger partial charge in [0.2, 0.25) is 23.0 Å². The van der Waals surface area contributed by atoms with Crippen LogP contribution in [-0.4, -0.2) is 77.2 Å². The summed E-state index contributed by atoms with van der Waals surface area (Å²) in [5.74, 6) is 1.36. The molecule has 234 valence electrons. The number of ether oxygens (including phenoxy) is 3. The molecule has 0 radical (unpaired) electrons. The number of benzene rings is 1. The number of fused-ring (bicyclic) bond motifs is 3. The minimum atomic E-state index is -3.17. The van der Waals surface area contributed by atoms with E-state index < -0.39 is 28.0 Å². The molecule has 4 rings (SSSR count). The van der Waals surface area contributed by atoms with Crippen LogP contribution in [0.25, 0.3) is 11.1 Å². The molecule has 1 saturated heterocycles. The second-order valence-corrected chi connectivity index (χ2v) is 13.9. The smallest absolute Gasteiger partial charge is 0.242 e. The van der Waals surface area contributed by atoms with Gasteiger partial charge < -0.3 is 30.2 Å². The zero-order valence-electron chi connectivity index (χ0n) is 25.1. The van der Waals surface area contributed by atoms with Gasteiger partial charge in [0.05, 0.1) is 44.6 Å². The first-order valence-electron chi connectivity index (χ1n) is 14.1. The summed E-state index contributed by atoms with van der Waals surface area (Å²) in [6, 6.07) is 5.12. The molecular formula is C30H39N3O8S2. The Labute approximate surface area is 256 Å². The maximum absolute atomic E-state index is 13.7. The number of aryl methyl sites for hydroxylation is 1. The van der Waals surface area contributed by atoms with Gasteiger partial charge in [-0.05, 0) is 72.6 Å². The first kappa shape index (κ1) is 32.5. The van der Waals surface area contributed by atoms with Crippen molar-refractivity contribution in [3.63, 3.8) is 0 Å². The minimum Gasteiger partial charge on any atom is -0.493 e. The quantitative estimate of drug-likeness (QED) is 0.337. The number of carbonyl (C=O) groups excluding carboxylic acids is 2. The molecule has 0 aromatic heterocycles. The fourth-order valence-electron chi connectivity index (χ4n) is 5.73. The van der Waals surface area contributed by atoms with Gasteiger partial charge in [0.15, 0.2) is 21.3 Å². The molecule has 1 heterocycles. The zero-order chi connectivity index (χ0) is 31.3. The van der Waals surface area contributed by atoms with Crippen molar-refractivity contribution in [1.29, 1.82) is 0 Å². The molecule has 2 aliphatic rings. The third kappa shape index (κ3) is 7.38. The van der Waals surface area contributed by atoms with Gasteiger partial charge in [0, 0.05) is 18.5 Å².